The van der Waals surface area contributed by atoms with E-state index in [-0.39, 0.29) is 5.91 Å². The van der Waals surface area contributed by atoms with Crippen LogP contribution in [-0.4, -0.2) is 17.9 Å². The van der Waals surface area contributed by atoms with Crippen LogP contribution in [0.3, 0.4) is 0 Å². The minimum Gasteiger partial charge on any atom is -0.368 e. The fourth-order valence-corrected chi connectivity index (χ4v) is 3.70. The van der Waals surface area contributed by atoms with Crippen molar-refractivity contribution in [3.05, 3.63) is 48.0 Å². The van der Waals surface area contributed by atoms with Gasteiger partial charge < -0.3 is 11.1 Å². The SMILES string of the molecule is CCCCCCCC/C=C\CCCCCCCC(=O)NC(Cc1ccccc1)C(N)=O. The number of unbranched alkanes of at least 4 members (excludes halogenated alkanes) is 11. The Bertz CT molecular complexity index is 613. The molecule has 0 aromatic heterocycles. The molecule has 1 aromatic rings. The molecule has 0 aliphatic heterocycles. The molecule has 0 aliphatic rings. The van der Waals surface area contributed by atoms with Gasteiger partial charge in [-0.3, -0.25) is 9.59 Å². The summed E-state index contributed by atoms with van der Waals surface area (Å²) in [5, 5.41) is 2.79. The maximum absolute atomic E-state index is 12.2. The standard InChI is InChI=1S/C27H44N2O2/c1-2-3-4-5-6-7-8-9-10-11-12-13-14-15-19-22-26(30)29-25(27(28)31)23-24-20-17-16-18-21-24/h9-10,16-18,20-21,25H,2-8,11-15,19,22-23H2,1H3,(H2,28,31)(H,29,30)/b10-9-. The van der Waals surface area contributed by atoms with Gasteiger partial charge in [-0.2, -0.15) is 0 Å². The zero-order valence-electron chi connectivity index (χ0n) is 19.6. The Morgan fingerprint density at radius 2 is 1.39 bits per heavy atom. The molecule has 31 heavy (non-hydrogen) atoms. The van der Waals surface area contributed by atoms with E-state index in [0.717, 1.165) is 31.2 Å². The molecule has 1 rings (SSSR count). The highest BCUT2D eigenvalue weighted by molar-refractivity contribution is 5.86. The molecule has 4 heteroatoms. The van der Waals surface area contributed by atoms with E-state index in [9.17, 15) is 9.59 Å². The molecule has 0 aliphatic carbocycles. The molecular weight excluding hydrogens is 384 g/mol. The maximum Gasteiger partial charge on any atom is 0.240 e. The van der Waals surface area contributed by atoms with Crippen molar-refractivity contribution >= 4 is 11.8 Å². The van der Waals surface area contributed by atoms with E-state index in [4.69, 9.17) is 5.73 Å². The van der Waals surface area contributed by atoms with Crippen molar-refractivity contribution in [2.24, 2.45) is 5.73 Å². The minimum absolute atomic E-state index is 0.0858. The number of amides is 2. The predicted molar refractivity (Wildman–Crippen MR) is 131 cm³/mol. The Hall–Kier alpha value is -2.10. The van der Waals surface area contributed by atoms with Gasteiger partial charge in [0.25, 0.3) is 0 Å². The number of allylic oxidation sites excluding steroid dienone is 2. The largest absolute Gasteiger partial charge is 0.368 e. The average molecular weight is 429 g/mol. The number of carbonyl (C=O) groups is 2. The lowest BCUT2D eigenvalue weighted by atomic mass is 10.0. The van der Waals surface area contributed by atoms with E-state index in [1.165, 1.54) is 57.8 Å². The van der Waals surface area contributed by atoms with Crippen LogP contribution in [-0.2, 0) is 16.0 Å². The summed E-state index contributed by atoms with van der Waals surface area (Å²) in [4.78, 5) is 23.8. The number of nitrogens with two attached hydrogens (primary N) is 1. The van der Waals surface area contributed by atoms with Crippen molar-refractivity contribution in [1.82, 2.24) is 5.32 Å². The first-order valence-corrected chi connectivity index (χ1v) is 12.4. The Kier molecular flexibility index (Phi) is 16.2. The second-order valence-electron chi connectivity index (χ2n) is 8.55. The molecule has 1 unspecified atom stereocenters. The highest BCUT2D eigenvalue weighted by atomic mass is 16.2. The van der Waals surface area contributed by atoms with Crippen LogP contribution >= 0.6 is 0 Å². The van der Waals surface area contributed by atoms with Crippen molar-refractivity contribution in [3.63, 3.8) is 0 Å². The van der Waals surface area contributed by atoms with Gasteiger partial charge in [-0.1, -0.05) is 101 Å². The summed E-state index contributed by atoms with van der Waals surface area (Å²) in [6, 6.07) is 8.99. The number of hydrogen-bond acceptors (Lipinski definition) is 2. The normalized spacial score (nSPS) is 12.2. The number of hydrogen-bond donors (Lipinski definition) is 2. The van der Waals surface area contributed by atoms with Crippen LogP contribution in [0.1, 0.15) is 102 Å². The van der Waals surface area contributed by atoms with Crippen LogP contribution in [0.5, 0.6) is 0 Å². The summed E-state index contributed by atoms with van der Waals surface area (Å²) in [6.45, 7) is 2.26. The van der Waals surface area contributed by atoms with Crippen LogP contribution in [0.25, 0.3) is 0 Å². The van der Waals surface area contributed by atoms with Crippen LogP contribution in [0.2, 0.25) is 0 Å². The summed E-state index contributed by atoms with van der Waals surface area (Å²) in [5.74, 6) is -0.570. The molecule has 174 valence electrons. The van der Waals surface area contributed by atoms with E-state index >= 15 is 0 Å². The van der Waals surface area contributed by atoms with Gasteiger partial charge in [0.05, 0.1) is 0 Å². The molecule has 0 radical (unpaired) electrons. The number of nitrogens with one attached hydrogen (secondary N) is 1. The summed E-state index contributed by atoms with van der Waals surface area (Å²) in [5.41, 5.74) is 6.45. The van der Waals surface area contributed by atoms with Gasteiger partial charge in [0.15, 0.2) is 0 Å². The van der Waals surface area contributed by atoms with E-state index in [1.54, 1.807) is 0 Å². The Labute approximate surface area is 190 Å². The zero-order valence-corrected chi connectivity index (χ0v) is 19.6. The smallest absolute Gasteiger partial charge is 0.240 e. The Balaban J connectivity index is 2.00. The molecule has 2 amide bonds. The highest BCUT2D eigenvalue weighted by Crippen LogP contribution is 2.10. The van der Waals surface area contributed by atoms with Crippen LogP contribution in [0, 0.1) is 0 Å². The Morgan fingerprint density at radius 1 is 0.839 bits per heavy atom. The van der Waals surface area contributed by atoms with Crippen molar-refractivity contribution < 1.29 is 9.59 Å². The van der Waals surface area contributed by atoms with E-state index < -0.39 is 11.9 Å². The first-order valence-electron chi connectivity index (χ1n) is 12.4. The summed E-state index contributed by atoms with van der Waals surface area (Å²) in [7, 11) is 0. The van der Waals surface area contributed by atoms with Crippen molar-refractivity contribution in [2.45, 2.75) is 109 Å². The van der Waals surface area contributed by atoms with Gasteiger partial charge in [-0.15, -0.1) is 0 Å². The molecule has 0 bridgehead atoms. The van der Waals surface area contributed by atoms with E-state index in [2.05, 4.69) is 24.4 Å². The summed E-state index contributed by atoms with van der Waals surface area (Å²) >= 11 is 0. The third-order valence-electron chi connectivity index (χ3n) is 5.63. The monoisotopic (exact) mass is 428 g/mol. The van der Waals surface area contributed by atoms with Gasteiger partial charge in [0, 0.05) is 12.8 Å². The summed E-state index contributed by atoms with van der Waals surface area (Å²) < 4.78 is 0. The number of benzene rings is 1. The maximum atomic E-state index is 12.2. The molecule has 3 N–H and O–H groups in total. The number of primary amides is 1. The fourth-order valence-electron chi connectivity index (χ4n) is 3.70. The van der Waals surface area contributed by atoms with Gasteiger partial charge >= 0.3 is 0 Å². The predicted octanol–water partition coefficient (Wildman–Crippen LogP) is 6.24. The third kappa shape index (κ3) is 15.4. The first kappa shape index (κ1) is 26.9. The minimum atomic E-state index is -0.641. The quantitative estimate of drug-likeness (QED) is 0.202. The molecule has 0 saturated carbocycles. The lowest BCUT2D eigenvalue weighted by Gasteiger charge is -2.15. The average Bonchev–Trinajstić information content (AvgIpc) is 2.76. The number of rotatable bonds is 19. The van der Waals surface area contributed by atoms with Crippen molar-refractivity contribution in [3.8, 4) is 0 Å². The van der Waals surface area contributed by atoms with Gasteiger partial charge in [-0.25, -0.2) is 0 Å². The van der Waals surface area contributed by atoms with Crippen LogP contribution in [0.4, 0.5) is 0 Å². The first-order chi connectivity index (χ1) is 15.1. The van der Waals surface area contributed by atoms with E-state index in [1.807, 2.05) is 30.3 Å². The van der Waals surface area contributed by atoms with Crippen molar-refractivity contribution in [2.75, 3.05) is 0 Å². The molecule has 1 atom stereocenters. The summed E-state index contributed by atoms with van der Waals surface area (Å²) in [6.07, 6.45) is 21.6. The fraction of sp³-hybridized carbons (Fsp3) is 0.630. The second-order valence-corrected chi connectivity index (χ2v) is 8.55. The molecule has 0 saturated heterocycles. The van der Waals surface area contributed by atoms with Crippen LogP contribution in [0.15, 0.2) is 42.5 Å². The van der Waals surface area contributed by atoms with Crippen molar-refractivity contribution in [1.29, 1.82) is 0 Å². The number of carbonyl (C=O) groups excluding carboxylic acids is 2. The van der Waals surface area contributed by atoms with E-state index in [0.29, 0.717) is 12.8 Å². The second kappa shape index (κ2) is 18.7. The lowest BCUT2D eigenvalue weighted by Crippen LogP contribution is -2.45. The molecule has 0 fully saturated rings. The molecule has 0 spiro atoms. The molecule has 0 heterocycles. The zero-order chi connectivity index (χ0) is 22.6. The van der Waals surface area contributed by atoms with Gasteiger partial charge in [0.2, 0.25) is 11.8 Å². The Morgan fingerprint density at radius 3 is 1.97 bits per heavy atom. The molecule has 1 aromatic carbocycles. The van der Waals surface area contributed by atoms with Gasteiger partial charge in [-0.05, 0) is 37.7 Å². The lowest BCUT2D eigenvalue weighted by molar-refractivity contribution is -0.127. The highest BCUT2D eigenvalue weighted by Gasteiger charge is 2.18. The van der Waals surface area contributed by atoms with Gasteiger partial charge in [0.1, 0.15) is 6.04 Å². The van der Waals surface area contributed by atoms with Crippen LogP contribution < -0.4 is 11.1 Å². The molecule has 4 nitrogen and oxygen atoms in total. The third-order valence-corrected chi connectivity index (χ3v) is 5.63. The molecular formula is C27H44N2O2. The topological polar surface area (TPSA) is 72.2 Å².